The first-order chi connectivity index (χ1) is 7.80. The normalized spacial score (nSPS) is 20.8. The maximum atomic E-state index is 12.9. The van der Waals surface area contributed by atoms with Crippen LogP contribution in [0.15, 0.2) is 6.07 Å². The molecule has 0 aliphatic carbocycles. The van der Waals surface area contributed by atoms with E-state index in [1.54, 1.807) is 18.4 Å². The van der Waals surface area contributed by atoms with Crippen molar-refractivity contribution in [1.29, 1.82) is 0 Å². The summed E-state index contributed by atoms with van der Waals surface area (Å²) in [4.78, 5) is 0. The molecule has 0 aromatic carbocycles. The van der Waals surface area contributed by atoms with Crippen LogP contribution in [0.25, 0.3) is 0 Å². The lowest BCUT2D eigenvalue weighted by Crippen LogP contribution is -2.31. The Morgan fingerprint density at radius 1 is 1.41 bits per heavy atom. The summed E-state index contributed by atoms with van der Waals surface area (Å²) in [5.74, 6) is -0.130. The van der Waals surface area contributed by atoms with E-state index in [1.165, 1.54) is 6.07 Å². The number of hydrogen-bond donors (Lipinski definition) is 1. The van der Waals surface area contributed by atoms with Crippen LogP contribution < -0.4 is 5.73 Å². The van der Waals surface area contributed by atoms with E-state index in [0.29, 0.717) is 18.7 Å². The molecule has 2 heterocycles. The summed E-state index contributed by atoms with van der Waals surface area (Å²) in [6.45, 7) is 4.19. The van der Waals surface area contributed by atoms with Gasteiger partial charge in [-0.2, -0.15) is 13.2 Å². The van der Waals surface area contributed by atoms with Gasteiger partial charge >= 0.3 is 6.18 Å². The zero-order chi connectivity index (χ0) is 12.8. The highest BCUT2D eigenvalue weighted by atomic mass is 19.4. The van der Waals surface area contributed by atoms with Gasteiger partial charge in [-0.15, -0.1) is 0 Å². The number of nitrogens with zero attached hydrogens (tertiary/aromatic N) is 1. The van der Waals surface area contributed by atoms with Crippen LogP contribution in [0.1, 0.15) is 43.1 Å². The number of nitrogens with two attached hydrogens (primary N) is 1. The smallest absolute Gasteiger partial charge is 0.348 e. The quantitative estimate of drug-likeness (QED) is 0.811. The molecule has 0 bridgehead atoms. The van der Waals surface area contributed by atoms with Gasteiger partial charge in [0.15, 0.2) is 0 Å². The zero-order valence-corrected chi connectivity index (χ0v) is 10.0. The molecule has 2 nitrogen and oxygen atoms in total. The van der Waals surface area contributed by atoms with Gasteiger partial charge in [-0.05, 0) is 18.4 Å². The molecule has 0 spiro atoms. The third-order valence-electron chi connectivity index (χ3n) is 3.27. The molecule has 1 aromatic rings. The lowest BCUT2D eigenvalue weighted by atomic mass is 10.0. The molecule has 0 saturated carbocycles. The molecule has 0 saturated heterocycles. The maximum absolute atomic E-state index is 12.9. The number of halogens is 3. The molecule has 1 aromatic heterocycles. The largest absolute Gasteiger partial charge is 0.418 e. The van der Waals surface area contributed by atoms with Crippen molar-refractivity contribution in [2.45, 2.75) is 51.4 Å². The summed E-state index contributed by atoms with van der Waals surface area (Å²) in [5.41, 5.74) is 6.43. The van der Waals surface area contributed by atoms with Crippen molar-refractivity contribution < 1.29 is 13.2 Å². The van der Waals surface area contributed by atoms with Crippen molar-refractivity contribution in [3.8, 4) is 0 Å². The highest BCUT2D eigenvalue weighted by Crippen LogP contribution is 2.38. The molecule has 1 aliphatic heterocycles. The molecule has 17 heavy (non-hydrogen) atoms. The van der Waals surface area contributed by atoms with Gasteiger partial charge in [0.05, 0.1) is 5.56 Å². The fourth-order valence-electron chi connectivity index (χ4n) is 2.57. The summed E-state index contributed by atoms with van der Waals surface area (Å²) in [6.07, 6.45) is -2.98. The van der Waals surface area contributed by atoms with Gasteiger partial charge in [-0.3, -0.25) is 0 Å². The fourth-order valence-corrected chi connectivity index (χ4v) is 2.57. The Balaban J connectivity index is 2.54. The van der Waals surface area contributed by atoms with Gasteiger partial charge in [-0.25, -0.2) is 0 Å². The molecule has 0 amide bonds. The zero-order valence-electron chi connectivity index (χ0n) is 10.0. The Hall–Kier alpha value is -0.970. The summed E-state index contributed by atoms with van der Waals surface area (Å²) < 4.78 is 40.6. The van der Waals surface area contributed by atoms with E-state index in [2.05, 4.69) is 0 Å². The van der Waals surface area contributed by atoms with Crippen LogP contribution in [0.5, 0.6) is 0 Å². The van der Waals surface area contributed by atoms with Crippen LogP contribution in [0, 0.1) is 0 Å². The molecule has 0 fully saturated rings. The van der Waals surface area contributed by atoms with Crippen LogP contribution in [0.3, 0.4) is 0 Å². The summed E-state index contributed by atoms with van der Waals surface area (Å²) in [6, 6.07) is 1.26. The van der Waals surface area contributed by atoms with Gasteiger partial charge in [0.25, 0.3) is 0 Å². The number of aromatic nitrogens is 1. The summed E-state index contributed by atoms with van der Waals surface area (Å²) in [5, 5.41) is 0. The lowest BCUT2D eigenvalue weighted by Gasteiger charge is -2.24. The van der Waals surface area contributed by atoms with Crippen LogP contribution in [0.2, 0.25) is 0 Å². The molecular formula is C12H17F3N2. The van der Waals surface area contributed by atoms with Gasteiger partial charge in [0.1, 0.15) is 0 Å². The minimum absolute atomic E-state index is 0.0153. The topological polar surface area (TPSA) is 30.9 Å². The molecular weight excluding hydrogens is 229 g/mol. The van der Waals surface area contributed by atoms with E-state index < -0.39 is 11.7 Å². The average Bonchev–Trinajstić information content (AvgIpc) is 2.55. The lowest BCUT2D eigenvalue weighted by molar-refractivity contribution is -0.138. The van der Waals surface area contributed by atoms with Crippen LogP contribution in [0.4, 0.5) is 13.2 Å². The predicted molar refractivity (Wildman–Crippen MR) is 59.8 cm³/mol. The number of hydrogen-bond acceptors (Lipinski definition) is 1. The molecule has 0 radical (unpaired) electrons. The van der Waals surface area contributed by atoms with Gasteiger partial charge < -0.3 is 10.3 Å². The first-order valence-electron chi connectivity index (χ1n) is 5.85. The van der Waals surface area contributed by atoms with E-state index in [9.17, 15) is 13.2 Å². The molecule has 2 N–H and O–H groups in total. The molecule has 1 unspecified atom stereocenters. The van der Waals surface area contributed by atoms with Crippen molar-refractivity contribution in [2.75, 3.05) is 0 Å². The third kappa shape index (κ3) is 2.20. The van der Waals surface area contributed by atoms with E-state index >= 15 is 0 Å². The van der Waals surface area contributed by atoms with Crippen LogP contribution in [-0.4, -0.2) is 10.6 Å². The Kier molecular flexibility index (Phi) is 2.97. The van der Waals surface area contributed by atoms with E-state index in [0.717, 1.165) is 12.1 Å². The number of rotatable bonds is 1. The second-order valence-electron chi connectivity index (χ2n) is 4.99. The Morgan fingerprint density at radius 2 is 2.06 bits per heavy atom. The highest BCUT2D eigenvalue weighted by molar-refractivity contribution is 5.34. The van der Waals surface area contributed by atoms with E-state index in [4.69, 9.17) is 5.73 Å². The first kappa shape index (κ1) is 12.5. The molecule has 1 atom stereocenters. The molecule has 5 heteroatoms. The molecule has 96 valence electrons. The first-order valence-corrected chi connectivity index (χ1v) is 5.85. The van der Waals surface area contributed by atoms with Gasteiger partial charge in [0, 0.05) is 30.4 Å². The summed E-state index contributed by atoms with van der Waals surface area (Å²) >= 11 is 0. The minimum atomic E-state index is -4.27. The SMILES string of the molecule is CC(C)c1c(C(F)(F)F)cc2n1CCC(N)C2. The standard InChI is InChI=1S/C12H17F3N2/c1-7(2)11-10(12(13,14)15)6-9-5-8(16)3-4-17(9)11/h6-8H,3-5,16H2,1-2H3. The molecule has 1 aliphatic rings. The Labute approximate surface area is 98.6 Å². The van der Waals surface area contributed by atoms with Crippen molar-refractivity contribution in [3.63, 3.8) is 0 Å². The minimum Gasteiger partial charge on any atom is -0.348 e. The monoisotopic (exact) mass is 246 g/mol. The highest BCUT2D eigenvalue weighted by Gasteiger charge is 2.38. The van der Waals surface area contributed by atoms with Gasteiger partial charge in [0.2, 0.25) is 0 Å². The third-order valence-corrected chi connectivity index (χ3v) is 3.27. The van der Waals surface area contributed by atoms with Crippen LogP contribution in [-0.2, 0) is 19.1 Å². The van der Waals surface area contributed by atoms with E-state index in [1.807, 2.05) is 0 Å². The van der Waals surface area contributed by atoms with Crippen molar-refractivity contribution in [3.05, 3.63) is 23.0 Å². The summed E-state index contributed by atoms with van der Waals surface area (Å²) in [7, 11) is 0. The van der Waals surface area contributed by atoms with Crippen molar-refractivity contribution in [2.24, 2.45) is 5.73 Å². The predicted octanol–water partition coefficient (Wildman–Crippen LogP) is 2.90. The maximum Gasteiger partial charge on any atom is 0.418 e. The van der Waals surface area contributed by atoms with Crippen molar-refractivity contribution >= 4 is 0 Å². The number of fused-ring (bicyclic) bond motifs is 1. The fraction of sp³-hybridized carbons (Fsp3) is 0.667. The van der Waals surface area contributed by atoms with Gasteiger partial charge in [-0.1, -0.05) is 13.8 Å². The second kappa shape index (κ2) is 4.05. The average molecular weight is 246 g/mol. The number of alkyl halides is 3. The Morgan fingerprint density at radius 3 is 2.59 bits per heavy atom. The second-order valence-corrected chi connectivity index (χ2v) is 4.99. The van der Waals surface area contributed by atoms with E-state index in [-0.39, 0.29) is 12.0 Å². The van der Waals surface area contributed by atoms with Crippen LogP contribution >= 0.6 is 0 Å². The van der Waals surface area contributed by atoms with Crippen molar-refractivity contribution in [1.82, 2.24) is 4.57 Å². The molecule has 2 rings (SSSR count). The Bertz CT molecular complexity index is 418.